The summed E-state index contributed by atoms with van der Waals surface area (Å²) < 4.78 is 12.2. The van der Waals surface area contributed by atoms with E-state index in [1.807, 2.05) is 42.5 Å². The molecule has 1 heterocycles. The number of benzene rings is 2. The van der Waals surface area contributed by atoms with E-state index in [-0.39, 0.29) is 5.91 Å². The first kappa shape index (κ1) is 17.8. The number of ether oxygens (including phenoxy) is 2. The molecule has 0 saturated carbocycles. The highest BCUT2D eigenvalue weighted by Gasteiger charge is 2.11. The van der Waals surface area contributed by atoms with Gasteiger partial charge in [0.15, 0.2) is 5.69 Å². The first-order chi connectivity index (χ1) is 12.7. The standard InChI is InChI=1S/C19H18ClN3O3/c1-25-14-6-8-15(9-7-14)26-13-11-21-19(24)17-10-12-23(22-17)18-5-3-2-4-16(18)20/h2-10,12H,11,13H2,1H3,(H,21,24). The summed E-state index contributed by atoms with van der Waals surface area (Å²) in [6, 6.07) is 16.2. The number of carbonyl (C=O) groups excluding carboxylic acids is 1. The molecule has 0 bridgehead atoms. The zero-order chi connectivity index (χ0) is 18.4. The van der Waals surface area contributed by atoms with Crippen molar-refractivity contribution in [3.05, 3.63) is 71.5 Å². The van der Waals surface area contributed by atoms with Crippen molar-refractivity contribution < 1.29 is 14.3 Å². The number of amides is 1. The van der Waals surface area contributed by atoms with Crippen LogP contribution in [-0.2, 0) is 0 Å². The average Bonchev–Trinajstić information content (AvgIpc) is 3.16. The summed E-state index contributed by atoms with van der Waals surface area (Å²) in [5, 5.41) is 7.60. The van der Waals surface area contributed by atoms with E-state index >= 15 is 0 Å². The van der Waals surface area contributed by atoms with E-state index in [0.29, 0.717) is 29.6 Å². The lowest BCUT2D eigenvalue weighted by Gasteiger charge is -2.07. The van der Waals surface area contributed by atoms with E-state index in [1.54, 1.807) is 30.1 Å². The molecule has 134 valence electrons. The Hall–Kier alpha value is -2.99. The van der Waals surface area contributed by atoms with Gasteiger partial charge in [0.2, 0.25) is 0 Å². The molecule has 26 heavy (non-hydrogen) atoms. The number of halogens is 1. The minimum atomic E-state index is -0.269. The second kappa shape index (κ2) is 8.40. The lowest BCUT2D eigenvalue weighted by atomic mass is 10.3. The summed E-state index contributed by atoms with van der Waals surface area (Å²) in [5.74, 6) is 1.21. The van der Waals surface area contributed by atoms with Crippen molar-refractivity contribution in [2.24, 2.45) is 0 Å². The normalized spacial score (nSPS) is 10.4. The van der Waals surface area contributed by atoms with Crippen molar-refractivity contribution in [2.75, 3.05) is 20.3 Å². The van der Waals surface area contributed by atoms with Crippen molar-refractivity contribution in [1.29, 1.82) is 0 Å². The smallest absolute Gasteiger partial charge is 0.271 e. The maximum atomic E-state index is 12.2. The summed E-state index contributed by atoms with van der Waals surface area (Å²) in [5.41, 5.74) is 1.03. The molecule has 1 amide bonds. The molecule has 0 saturated heterocycles. The maximum Gasteiger partial charge on any atom is 0.271 e. The highest BCUT2D eigenvalue weighted by molar-refractivity contribution is 6.32. The number of nitrogens with one attached hydrogen (secondary N) is 1. The van der Waals surface area contributed by atoms with Crippen LogP contribution in [0.2, 0.25) is 5.02 Å². The molecule has 3 rings (SSSR count). The molecule has 0 radical (unpaired) electrons. The van der Waals surface area contributed by atoms with Gasteiger partial charge < -0.3 is 14.8 Å². The number of hydrogen-bond acceptors (Lipinski definition) is 4. The Morgan fingerprint density at radius 2 is 1.85 bits per heavy atom. The Labute approximate surface area is 156 Å². The second-order valence-corrected chi connectivity index (χ2v) is 5.78. The number of aromatic nitrogens is 2. The van der Waals surface area contributed by atoms with E-state index in [9.17, 15) is 4.79 Å². The van der Waals surface area contributed by atoms with Crippen LogP contribution in [0.1, 0.15) is 10.5 Å². The number of nitrogens with zero attached hydrogens (tertiary/aromatic N) is 2. The fourth-order valence-corrected chi connectivity index (χ4v) is 2.54. The molecule has 0 atom stereocenters. The van der Waals surface area contributed by atoms with Gasteiger partial charge in [0.25, 0.3) is 5.91 Å². The number of rotatable bonds is 7. The zero-order valence-electron chi connectivity index (χ0n) is 14.2. The van der Waals surface area contributed by atoms with Crippen LogP contribution in [0.4, 0.5) is 0 Å². The monoisotopic (exact) mass is 371 g/mol. The topological polar surface area (TPSA) is 65.4 Å². The predicted octanol–water partition coefficient (Wildman–Crippen LogP) is 3.34. The fraction of sp³-hybridized carbons (Fsp3) is 0.158. The van der Waals surface area contributed by atoms with E-state index in [0.717, 1.165) is 11.4 Å². The quantitative estimate of drug-likeness (QED) is 0.647. The molecule has 0 aliphatic carbocycles. The number of carbonyl (C=O) groups is 1. The summed E-state index contributed by atoms with van der Waals surface area (Å²) in [7, 11) is 1.61. The van der Waals surface area contributed by atoms with Gasteiger partial charge in [-0.15, -0.1) is 0 Å². The van der Waals surface area contributed by atoms with Crippen LogP contribution in [0, 0.1) is 0 Å². The van der Waals surface area contributed by atoms with Gasteiger partial charge in [-0.1, -0.05) is 23.7 Å². The summed E-state index contributed by atoms with van der Waals surface area (Å²) in [6.07, 6.45) is 1.70. The fourth-order valence-electron chi connectivity index (χ4n) is 2.31. The third-order valence-electron chi connectivity index (χ3n) is 3.64. The molecular weight excluding hydrogens is 354 g/mol. The first-order valence-corrected chi connectivity index (χ1v) is 8.41. The highest BCUT2D eigenvalue weighted by Crippen LogP contribution is 2.19. The van der Waals surface area contributed by atoms with E-state index in [2.05, 4.69) is 10.4 Å². The minimum Gasteiger partial charge on any atom is -0.497 e. The molecule has 0 aliphatic heterocycles. The Kier molecular flexibility index (Phi) is 5.76. The van der Waals surface area contributed by atoms with Gasteiger partial charge in [-0.3, -0.25) is 4.79 Å². The van der Waals surface area contributed by atoms with Gasteiger partial charge in [0.1, 0.15) is 18.1 Å². The third-order valence-corrected chi connectivity index (χ3v) is 3.96. The summed E-state index contributed by atoms with van der Waals surface area (Å²) >= 11 is 6.14. The van der Waals surface area contributed by atoms with Crippen molar-refractivity contribution in [3.63, 3.8) is 0 Å². The molecule has 6 nitrogen and oxygen atoms in total. The lowest BCUT2D eigenvalue weighted by molar-refractivity contribution is 0.0941. The Morgan fingerprint density at radius 3 is 2.58 bits per heavy atom. The number of methoxy groups -OCH3 is 1. The van der Waals surface area contributed by atoms with Crippen LogP contribution in [0.5, 0.6) is 11.5 Å². The minimum absolute atomic E-state index is 0.269. The van der Waals surface area contributed by atoms with Crippen LogP contribution in [0.15, 0.2) is 60.8 Å². The zero-order valence-corrected chi connectivity index (χ0v) is 14.9. The van der Waals surface area contributed by atoms with Crippen molar-refractivity contribution in [2.45, 2.75) is 0 Å². The largest absolute Gasteiger partial charge is 0.497 e. The molecule has 1 N–H and O–H groups in total. The highest BCUT2D eigenvalue weighted by atomic mass is 35.5. The first-order valence-electron chi connectivity index (χ1n) is 8.03. The average molecular weight is 372 g/mol. The Morgan fingerprint density at radius 1 is 1.12 bits per heavy atom. The predicted molar refractivity (Wildman–Crippen MR) is 99.4 cm³/mol. The van der Waals surface area contributed by atoms with Crippen LogP contribution >= 0.6 is 11.6 Å². The molecule has 0 fully saturated rings. The van der Waals surface area contributed by atoms with Gasteiger partial charge >= 0.3 is 0 Å². The SMILES string of the molecule is COc1ccc(OCCNC(=O)c2ccn(-c3ccccc3Cl)n2)cc1. The van der Waals surface area contributed by atoms with Gasteiger partial charge in [-0.05, 0) is 42.5 Å². The lowest BCUT2D eigenvalue weighted by Crippen LogP contribution is -2.28. The number of para-hydroxylation sites is 1. The van der Waals surface area contributed by atoms with Gasteiger partial charge in [0, 0.05) is 6.20 Å². The number of hydrogen-bond donors (Lipinski definition) is 1. The summed E-state index contributed by atoms with van der Waals surface area (Å²) in [6.45, 7) is 0.715. The van der Waals surface area contributed by atoms with Crippen LogP contribution in [0.3, 0.4) is 0 Å². The second-order valence-electron chi connectivity index (χ2n) is 5.38. The van der Waals surface area contributed by atoms with Crippen LogP contribution in [0.25, 0.3) is 5.69 Å². The van der Waals surface area contributed by atoms with Gasteiger partial charge in [0.05, 0.1) is 24.4 Å². The molecule has 0 aliphatic rings. The van der Waals surface area contributed by atoms with E-state index in [1.165, 1.54) is 0 Å². The van der Waals surface area contributed by atoms with E-state index < -0.39 is 0 Å². The maximum absolute atomic E-state index is 12.2. The summed E-state index contributed by atoms with van der Waals surface area (Å²) in [4.78, 5) is 12.2. The van der Waals surface area contributed by atoms with Crippen molar-refractivity contribution >= 4 is 17.5 Å². The third kappa shape index (κ3) is 4.34. The molecule has 0 spiro atoms. The molecule has 1 aromatic heterocycles. The molecular formula is C19H18ClN3O3. The van der Waals surface area contributed by atoms with Gasteiger partial charge in [-0.2, -0.15) is 5.10 Å². The molecule has 0 unspecified atom stereocenters. The van der Waals surface area contributed by atoms with Crippen molar-refractivity contribution in [1.82, 2.24) is 15.1 Å². The Bertz CT molecular complexity index is 878. The Balaban J connectivity index is 1.50. The molecule has 7 heteroatoms. The van der Waals surface area contributed by atoms with Crippen molar-refractivity contribution in [3.8, 4) is 17.2 Å². The van der Waals surface area contributed by atoms with Crippen LogP contribution < -0.4 is 14.8 Å². The van der Waals surface area contributed by atoms with Crippen LogP contribution in [-0.4, -0.2) is 35.9 Å². The van der Waals surface area contributed by atoms with Gasteiger partial charge in [-0.25, -0.2) is 4.68 Å². The molecule has 3 aromatic rings. The van der Waals surface area contributed by atoms with E-state index in [4.69, 9.17) is 21.1 Å². The molecule has 2 aromatic carbocycles.